The number of rotatable bonds is 10. The third kappa shape index (κ3) is 8.17. The lowest BCUT2D eigenvalue weighted by molar-refractivity contribution is -0.288. The van der Waals surface area contributed by atoms with Crippen molar-refractivity contribution < 1.29 is 70.9 Å². The third-order valence-electron chi connectivity index (χ3n) is 9.35. The van der Waals surface area contributed by atoms with E-state index in [2.05, 4.69) is 9.47 Å². The minimum absolute atomic E-state index is 0.125. The molecule has 0 aliphatic carbocycles. The highest BCUT2D eigenvalue weighted by Crippen LogP contribution is 2.57. The summed E-state index contributed by atoms with van der Waals surface area (Å²) < 4.78 is 218. The third-order valence-corrected chi connectivity index (χ3v) is 9.35. The Morgan fingerprint density at radius 3 is 0.881 bits per heavy atom. The molecule has 6 aromatic rings. The molecule has 0 aliphatic rings. The predicted molar refractivity (Wildman–Crippen MR) is 188 cm³/mol. The van der Waals surface area contributed by atoms with Crippen LogP contribution in [-0.4, -0.2) is 12.4 Å². The fourth-order valence-corrected chi connectivity index (χ4v) is 6.45. The van der Waals surface area contributed by atoms with E-state index in [0.717, 1.165) is 11.1 Å². The zero-order chi connectivity index (χ0) is 43.3. The topological polar surface area (TPSA) is 18.5 Å². The molecule has 0 atom stereocenters. The quantitative estimate of drug-likeness (QED) is 0.128. The molecule has 308 valence electrons. The highest BCUT2D eigenvalue weighted by molar-refractivity contribution is 5.65. The monoisotopic (exact) mass is 840 g/mol. The first-order valence-corrected chi connectivity index (χ1v) is 17.1. The summed E-state index contributed by atoms with van der Waals surface area (Å²) in [6.45, 7) is 3.46. The van der Waals surface area contributed by atoms with Crippen LogP contribution in [0.15, 0.2) is 121 Å². The molecule has 0 radical (unpaired) electrons. The van der Waals surface area contributed by atoms with Crippen molar-refractivity contribution in [3.8, 4) is 33.8 Å². The highest BCUT2D eigenvalue weighted by Gasteiger charge is 2.72. The maximum Gasteiger partial charge on any atom is 0.432 e. The number of hydrogen-bond acceptors (Lipinski definition) is 2. The van der Waals surface area contributed by atoms with Gasteiger partial charge in [-0.2, -0.15) is 43.9 Å². The Kier molecular flexibility index (Phi) is 11.0. The van der Waals surface area contributed by atoms with E-state index in [0.29, 0.717) is 24.3 Å². The van der Waals surface area contributed by atoms with Crippen LogP contribution in [0.25, 0.3) is 22.3 Å². The summed E-state index contributed by atoms with van der Waals surface area (Å²) >= 11 is 0. The second-order valence-electron chi connectivity index (χ2n) is 13.4. The van der Waals surface area contributed by atoms with E-state index in [1.54, 1.807) is 38.1 Å². The molecular weight excluding hydrogens is 814 g/mol. The zero-order valence-electron chi connectivity index (χ0n) is 30.2. The van der Waals surface area contributed by atoms with Gasteiger partial charge < -0.3 is 9.47 Å². The normalized spacial score (nSPS) is 12.7. The molecule has 0 aromatic heterocycles. The molecule has 0 spiro atoms. The van der Waals surface area contributed by atoms with Crippen molar-refractivity contribution in [3.05, 3.63) is 178 Å². The molecule has 0 fully saturated rings. The van der Waals surface area contributed by atoms with E-state index in [4.69, 9.17) is 0 Å². The van der Waals surface area contributed by atoms with Crippen LogP contribution in [0, 0.1) is 37.1 Å². The lowest BCUT2D eigenvalue weighted by Crippen LogP contribution is -2.54. The van der Waals surface area contributed by atoms with Gasteiger partial charge in [-0.25, -0.2) is 17.6 Å². The number of hydrogen-bond donors (Lipinski definition) is 0. The number of aryl methyl sites for hydroxylation is 2. The van der Waals surface area contributed by atoms with Gasteiger partial charge in [-0.15, -0.1) is 0 Å². The van der Waals surface area contributed by atoms with Gasteiger partial charge in [0.05, 0.1) is 0 Å². The van der Waals surface area contributed by atoms with Crippen LogP contribution < -0.4 is 9.47 Å². The summed E-state index contributed by atoms with van der Waals surface area (Å²) in [4.78, 5) is 0. The van der Waals surface area contributed by atoms with E-state index in [1.165, 1.54) is 24.3 Å². The van der Waals surface area contributed by atoms with Crippen LogP contribution in [0.4, 0.5) is 61.5 Å². The highest BCUT2D eigenvalue weighted by atomic mass is 19.4. The van der Waals surface area contributed by atoms with Gasteiger partial charge in [0.25, 0.3) is 0 Å². The smallest absolute Gasteiger partial charge is 0.429 e. The van der Waals surface area contributed by atoms with Gasteiger partial charge in [-0.1, -0.05) is 83.9 Å². The van der Waals surface area contributed by atoms with Crippen molar-refractivity contribution in [1.29, 1.82) is 0 Å². The fourth-order valence-electron chi connectivity index (χ4n) is 6.45. The second kappa shape index (κ2) is 15.3. The zero-order valence-corrected chi connectivity index (χ0v) is 30.2. The van der Waals surface area contributed by atoms with Crippen LogP contribution >= 0.6 is 0 Å². The van der Waals surface area contributed by atoms with Gasteiger partial charge in [0.2, 0.25) is 5.41 Å². The van der Waals surface area contributed by atoms with E-state index in [9.17, 15) is 43.9 Å². The molecular formula is C43H26F14O2. The van der Waals surface area contributed by atoms with E-state index in [-0.39, 0.29) is 70.8 Å². The van der Waals surface area contributed by atoms with Crippen LogP contribution in [0.5, 0.6) is 11.5 Å². The minimum Gasteiger partial charge on any atom is -0.429 e. The molecule has 59 heavy (non-hydrogen) atoms. The molecule has 0 saturated carbocycles. The van der Waals surface area contributed by atoms with Gasteiger partial charge in [0.1, 0.15) is 45.9 Å². The summed E-state index contributed by atoms with van der Waals surface area (Å²) in [5, 5.41) is 0. The SMILES string of the molecule is Cc1ccc(-c2cc(F)c(C(F)(F)Oc3ccc(C(c4ccc(OC(F)(F)c5c(F)cc(-c6ccc(C)cc6)cc5F)cc4)(C(F)(F)F)C(F)(F)F)cc3)c(F)c2)cc1. The van der Waals surface area contributed by atoms with Crippen molar-refractivity contribution in [3.63, 3.8) is 0 Å². The predicted octanol–water partition coefficient (Wildman–Crippen LogP) is 13.9. The number of ether oxygens (including phenoxy) is 2. The van der Waals surface area contributed by atoms with E-state index >= 15 is 17.6 Å². The second-order valence-corrected chi connectivity index (χ2v) is 13.4. The molecule has 0 heterocycles. The summed E-state index contributed by atoms with van der Waals surface area (Å²) in [6.07, 6.45) is -22.2. The fraction of sp³-hybridized carbons (Fsp3) is 0.163. The number of halogens is 14. The van der Waals surface area contributed by atoms with Gasteiger partial charge in [-0.05, 0) is 95.8 Å². The van der Waals surface area contributed by atoms with Crippen molar-refractivity contribution in [2.75, 3.05) is 0 Å². The van der Waals surface area contributed by atoms with Gasteiger partial charge in [0.15, 0.2) is 0 Å². The molecule has 0 N–H and O–H groups in total. The molecule has 0 unspecified atom stereocenters. The van der Waals surface area contributed by atoms with Crippen molar-refractivity contribution in [2.24, 2.45) is 0 Å². The molecule has 2 nitrogen and oxygen atoms in total. The molecule has 16 heteroatoms. The molecule has 6 aromatic carbocycles. The Bertz CT molecular complexity index is 2230. The minimum atomic E-state index is -6.25. The lowest BCUT2D eigenvalue weighted by atomic mass is 9.73. The molecule has 0 bridgehead atoms. The maximum atomic E-state index is 15.2. The Morgan fingerprint density at radius 2 is 0.627 bits per heavy atom. The van der Waals surface area contributed by atoms with Gasteiger partial charge in [0, 0.05) is 0 Å². The number of benzene rings is 6. The van der Waals surface area contributed by atoms with Crippen LogP contribution in [0.2, 0.25) is 0 Å². The average Bonchev–Trinajstić information content (AvgIpc) is 3.11. The molecule has 0 amide bonds. The van der Waals surface area contributed by atoms with Crippen LogP contribution in [0.3, 0.4) is 0 Å². The van der Waals surface area contributed by atoms with E-state index in [1.807, 2.05) is 0 Å². The van der Waals surface area contributed by atoms with Crippen LogP contribution in [0.1, 0.15) is 33.4 Å². The van der Waals surface area contributed by atoms with Crippen LogP contribution in [-0.2, 0) is 17.6 Å². The van der Waals surface area contributed by atoms with Crippen molar-refractivity contribution in [1.82, 2.24) is 0 Å². The van der Waals surface area contributed by atoms with Gasteiger partial charge >= 0.3 is 24.6 Å². The first kappa shape index (κ1) is 42.5. The Labute approximate surface area is 326 Å². The van der Waals surface area contributed by atoms with Crippen molar-refractivity contribution >= 4 is 0 Å². The summed E-state index contributed by atoms with van der Waals surface area (Å²) in [5.41, 5.74) is -10.1. The summed E-state index contributed by atoms with van der Waals surface area (Å²) in [5.74, 6) is -9.29. The largest absolute Gasteiger partial charge is 0.432 e. The Hall–Kier alpha value is -6.06. The maximum absolute atomic E-state index is 15.2. The Morgan fingerprint density at radius 1 is 0.356 bits per heavy atom. The molecule has 0 aliphatic heterocycles. The Balaban J connectivity index is 1.29. The van der Waals surface area contributed by atoms with Crippen molar-refractivity contribution in [2.45, 2.75) is 43.8 Å². The molecule has 0 saturated heterocycles. The average molecular weight is 841 g/mol. The summed E-state index contributed by atoms with van der Waals surface area (Å²) in [6, 6.07) is 16.2. The lowest BCUT2D eigenvalue weighted by Gasteiger charge is -2.38. The van der Waals surface area contributed by atoms with E-state index < -0.39 is 87.0 Å². The first-order valence-electron chi connectivity index (χ1n) is 17.1. The number of alkyl halides is 10. The standard InChI is InChI=1S/C43H26F14O2/c1-23-3-7-25(8-4-23)27-19-33(44)37(34(45)20-27)40(48,49)58-31-15-11-29(12-16-31)39(42(52,53)54,43(55,56)57)30-13-17-32(18-14-30)59-41(50,51)38-35(46)21-28(22-36(38)47)26-9-5-24(2)6-10-26/h3-22H,1-2H3. The van der Waals surface area contributed by atoms with Gasteiger partial charge in [-0.3, -0.25) is 0 Å². The summed E-state index contributed by atoms with van der Waals surface area (Å²) in [7, 11) is 0. The molecule has 6 rings (SSSR count). The first-order chi connectivity index (χ1) is 27.4.